The molecule has 0 radical (unpaired) electrons. The van der Waals surface area contributed by atoms with Crippen molar-refractivity contribution in [1.29, 1.82) is 0 Å². The molecule has 0 bridgehead atoms. The van der Waals surface area contributed by atoms with E-state index in [1.54, 1.807) is 0 Å². The molecular formula is C14H16BrNO3. The minimum absolute atomic E-state index is 0.0758. The summed E-state index contributed by atoms with van der Waals surface area (Å²) in [6, 6.07) is 7.79. The Morgan fingerprint density at radius 2 is 1.95 bits per heavy atom. The highest BCUT2D eigenvalue weighted by atomic mass is 79.9. The zero-order valence-electron chi connectivity index (χ0n) is 10.7. The van der Waals surface area contributed by atoms with Crippen molar-refractivity contribution in [3.8, 4) is 0 Å². The van der Waals surface area contributed by atoms with E-state index in [1.807, 2.05) is 24.3 Å². The van der Waals surface area contributed by atoms with Crippen molar-refractivity contribution in [2.45, 2.75) is 24.7 Å². The lowest BCUT2D eigenvalue weighted by Gasteiger charge is -2.40. The van der Waals surface area contributed by atoms with E-state index in [0.717, 1.165) is 29.3 Å². The van der Waals surface area contributed by atoms with Crippen LogP contribution in [0, 0.1) is 0 Å². The van der Waals surface area contributed by atoms with Gasteiger partial charge in [0.05, 0.1) is 12.5 Å². The van der Waals surface area contributed by atoms with Crippen molar-refractivity contribution in [3.63, 3.8) is 0 Å². The van der Waals surface area contributed by atoms with Crippen molar-refractivity contribution in [1.82, 2.24) is 5.32 Å². The first-order chi connectivity index (χ1) is 9.08. The largest absolute Gasteiger partial charge is 0.468 e. The van der Waals surface area contributed by atoms with Crippen LogP contribution in [0.4, 0.5) is 0 Å². The topological polar surface area (TPSA) is 55.4 Å². The summed E-state index contributed by atoms with van der Waals surface area (Å²) in [5, 5.41) is 2.66. The third-order valence-corrected chi connectivity index (χ3v) is 4.19. The molecule has 1 amide bonds. The highest BCUT2D eigenvalue weighted by Gasteiger charge is 2.45. The monoisotopic (exact) mass is 325 g/mol. The fraction of sp³-hybridized carbons (Fsp3) is 0.429. The van der Waals surface area contributed by atoms with Crippen molar-refractivity contribution >= 4 is 27.8 Å². The lowest BCUT2D eigenvalue weighted by atomic mass is 9.64. The van der Waals surface area contributed by atoms with Crippen molar-refractivity contribution in [2.75, 3.05) is 13.7 Å². The van der Waals surface area contributed by atoms with E-state index < -0.39 is 11.4 Å². The second-order valence-corrected chi connectivity index (χ2v) is 5.62. The van der Waals surface area contributed by atoms with Crippen molar-refractivity contribution < 1.29 is 14.3 Å². The lowest BCUT2D eigenvalue weighted by molar-refractivity contribution is -0.142. The predicted octanol–water partition coefficient (Wildman–Crippen LogP) is 2.16. The fourth-order valence-corrected chi connectivity index (χ4v) is 2.60. The number of hydrogen-bond donors (Lipinski definition) is 1. The van der Waals surface area contributed by atoms with Crippen LogP contribution in [0.2, 0.25) is 0 Å². The Morgan fingerprint density at radius 1 is 1.32 bits per heavy atom. The summed E-state index contributed by atoms with van der Waals surface area (Å²) in [5.41, 5.74) is 0.527. The molecule has 1 fully saturated rings. The van der Waals surface area contributed by atoms with Gasteiger partial charge in [0, 0.05) is 4.47 Å². The zero-order chi connectivity index (χ0) is 13.9. The van der Waals surface area contributed by atoms with Gasteiger partial charge in [0.25, 0.3) is 0 Å². The summed E-state index contributed by atoms with van der Waals surface area (Å²) < 4.78 is 5.51. The number of hydrogen-bond acceptors (Lipinski definition) is 3. The highest BCUT2D eigenvalue weighted by Crippen LogP contribution is 2.44. The molecule has 0 aliphatic heterocycles. The fourth-order valence-electron chi connectivity index (χ4n) is 2.34. The molecule has 1 N–H and O–H groups in total. The maximum Gasteiger partial charge on any atom is 0.325 e. The Labute approximate surface area is 120 Å². The van der Waals surface area contributed by atoms with E-state index in [2.05, 4.69) is 26.0 Å². The number of methoxy groups -OCH3 is 1. The molecule has 0 aromatic heterocycles. The Hall–Kier alpha value is -1.36. The van der Waals surface area contributed by atoms with E-state index >= 15 is 0 Å². The van der Waals surface area contributed by atoms with Gasteiger partial charge in [0.1, 0.15) is 6.54 Å². The standard InChI is InChI=1S/C14H16BrNO3/c1-19-12(17)9-16-13(18)14(7-2-8-14)10-3-5-11(15)6-4-10/h3-6H,2,7-9H2,1H3,(H,16,18). The second kappa shape index (κ2) is 5.74. The zero-order valence-corrected chi connectivity index (χ0v) is 12.3. The minimum atomic E-state index is -0.477. The quantitative estimate of drug-likeness (QED) is 0.863. The van der Waals surface area contributed by atoms with Crippen LogP contribution in [0.15, 0.2) is 28.7 Å². The van der Waals surface area contributed by atoms with E-state index in [4.69, 9.17) is 0 Å². The van der Waals surface area contributed by atoms with Gasteiger partial charge in [-0.2, -0.15) is 0 Å². The number of carbonyl (C=O) groups is 2. The first-order valence-corrected chi connectivity index (χ1v) is 6.99. The van der Waals surface area contributed by atoms with E-state index in [0.29, 0.717) is 0 Å². The van der Waals surface area contributed by atoms with Crippen LogP contribution < -0.4 is 5.32 Å². The van der Waals surface area contributed by atoms with Gasteiger partial charge in [-0.1, -0.05) is 34.5 Å². The van der Waals surface area contributed by atoms with Crippen molar-refractivity contribution in [2.24, 2.45) is 0 Å². The second-order valence-electron chi connectivity index (χ2n) is 4.70. The molecule has 0 atom stereocenters. The number of esters is 1. The number of rotatable bonds is 4. The van der Waals surface area contributed by atoms with Gasteiger partial charge in [-0.25, -0.2) is 0 Å². The number of halogens is 1. The third kappa shape index (κ3) is 2.81. The molecule has 102 valence electrons. The molecule has 0 heterocycles. The molecule has 1 aromatic rings. The molecule has 2 rings (SSSR count). The van der Waals surface area contributed by atoms with Crippen LogP contribution in [0.1, 0.15) is 24.8 Å². The van der Waals surface area contributed by atoms with Gasteiger partial charge in [-0.15, -0.1) is 0 Å². The number of carbonyl (C=O) groups excluding carboxylic acids is 2. The Bertz CT molecular complexity index is 480. The van der Waals surface area contributed by atoms with Crippen LogP contribution >= 0.6 is 15.9 Å². The van der Waals surface area contributed by atoms with Crippen LogP contribution in [0.5, 0.6) is 0 Å². The first-order valence-electron chi connectivity index (χ1n) is 6.20. The molecule has 1 aromatic carbocycles. The van der Waals surface area contributed by atoms with Gasteiger partial charge in [0.2, 0.25) is 5.91 Å². The highest BCUT2D eigenvalue weighted by molar-refractivity contribution is 9.10. The Kier molecular flexibility index (Phi) is 4.24. The van der Waals surface area contributed by atoms with Crippen LogP contribution in [0.3, 0.4) is 0 Å². The normalized spacial score (nSPS) is 16.3. The van der Waals surface area contributed by atoms with E-state index in [1.165, 1.54) is 7.11 Å². The molecule has 5 heteroatoms. The van der Waals surface area contributed by atoms with E-state index in [9.17, 15) is 9.59 Å². The average Bonchev–Trinajstić information content (AvgIpc) is 2.36. The third-order valence-electron chi connectivity index (χ3n) is 3.66. The number of nitrogens with one attached hydrogen (secondary N) is 1. The van der Waals surface area contributed by atoms with E-state index in [-0.39, 0.29) is 12.5 Å². The van der Waals surface area contributed by atoms with Crippen LogP contribution in [-0.4, -0.2) is 25.5 Å². The van der Waals surface area contributed by atoms with Gasteiger partial charge in [-0.05, 0) is 30.5 Å². The molecule has 1 saturated carbocycles. The van der Waals surface area contributed by atoms with Crippen molar-refractivity contribution in [3.05, 3.63) is 34.3 Å². The van der Waals surface area contributed by atoms with Gasteiger partial charge in [-0.3, -0.25) is 9.59 Å². The molecule has 0 saturated heterocycles. The molecular weight excluding hydrogens is 310 g/mol. The Morgan fingerprint density at radius 3 is 2.42 bits per heavy atom. The minimum Gasteiger partial charge on any atom is -0.468 e. The van der Waals surface area contributed by atoms with Gasteiger partial charge < -0.3 is 10.1 Å². The number of benzene rings is 1. The van der Waals surface area contributed by atoms with Crippen LogP contribution in [-0.2, 0) is 19.7 Å². The average molecular weight is 326 g/mol. The first kappa shape index (κ1) is 14.1. The molecule has 4 nitrogen and oxygen atoms in total. The Balaban J connectivity index is 2.11. The SMILES string of the molecule is COC(=O)CNC(=O)C1(c2ccc(Br)cc2)CCC1. The van der Waals surface area contributed by atoms with Gasteiger partial charge >= 0.3 is 5.97 Å². The van der Waals surface area contributed by atoms with Gasteiger partial charge in [0.15, 0.2) is 0 Å². The summed E-state index contributed by atoms with van der Waals surface area (Å²) >= 11 is 3.39. The maximum atomic E-state index is 12.3. The molecule has 0 spiro atoms. The summed E-state index contributed by atoms with van der Waals surface area (Å²) in [7, 11) is 1.31. The summed E-state index contributed by atoms with van der Waals surface area (Å²) in [4.78, 5) is 23.4. The smallest absolute Gasteiger partial charge is 0.325 e. The maximum absolute atomic E-state index is 12.3. The summed E-state index contributed by atoms with van der Waals surface area (Å²) in [6.45, 7) is -0.0758. The predicted molar refractivity (Wildman–Crippen MR) is 74.7 cm³/mol. The number of amides is 1. The summed E-state index contributed by atoms with van der Waals surface area (Å²) in [5.74, 6) is -0.523. The lowest BCUT2D eigenvalue weighted by Crippen LogP contribution is -2.50. The molecule has 1 aliphatic rings. The summed E-state index contributed by atoms with van der Waals surface area (Å²) in [6.07, 6.45) is 2.67. The molecule has 19 heavy (non-hydrogen) atoms. The molecule has 1 aliphatic carbocycles. The molecule has 0 unspecified atom stereocenters. The van der Waals surface area contributed by atoms with Crippen LogP contribution in [0.25, 0.3) is 0 Å². The number of ether oxygens (including phenoxy) is 1.